The predicted molar refractivity (Wildman–Crippen MR) is 96.4 cm³/mol. The summed E-state index contributed by atoms with van der Waals surface area (Å²) in [7, 11) is 0. The van der Waals surface area contributed by atoms with Gasteiger partial charge in [0.15, 0.2) is 0 Å². The number of carbonyl (C=O) groups excluding carboxylic acids is 1. The maximum atomic E-state index is 12.1. The first-order chi connectivity index (χ1) is 11.0. The molecule has 120 valence electrons. The van der Waals surface area contributed by atoms with Gasteiger partial charge in [-0.15, -0.1) is 0 Å². The van der Waals surface area contributed by atoms with Gasteiger partial charge in [0.2, 0.25) is 0 Å². The third-order valence-electron chi connectivity index (χ3n) is 2.82. The second-order valence-electron chi connectivity index (χ2n) is 5.03. The Bertz CT molecular complexity index is 732. The standard InChI is InChI=1S/C17H16BrClN2O2/c1-11(2)23-16-8-7-13(19)9-12(16)10-20-21-17(22)14-5-3-4-6-15(14)18/h3-11H,1-2H3,(H,21,22)/b20-10+. The molecule has 0 spiro atoms. The van der Waals surface area contributed by atoms with E-state index in [0.717, 1.165) is 0 Å². The van der Waals surface area contributed by atoms with E-state index in [1.54, 1.807) is 36.4 Å². The van der Waals surface area contributed by atoms with Crippen molar-refractivity contribution in [2.45, 2.75) is 20.0 Å². The van der Waals surface area contributed by atoms with Gasteiger partial charge in [0, 0.05) is 15.1 Å². The van der Waals surface area contributed by atoms with Gasteiger partial charge >= 0.3 is 0 Å². The first-order valence-electron chi connectivity index (χ1n) is 7.01. The minimum absolute atomic E-state index is 0.0261. The molecule has 0 saturated carbocycles. The number of hydrazone groups is 1. The summed E-state index contributed by atoms with van der Waals surface area (Å²) in [6.07, 6.45) is 1.54. The molecule has 2 aromatic carbocycles. The molecule has 0 aliphatic heterocycles. The Labute approximate surface area is 148 Å². The van der Waals surface area contributed by atoms with Crippen molar-refractivity contribution in [2.75, 3.05) is 0 Å². The molecule has 6 heteroatoms. The minimum Gasteiger partial charge on any atom is -0.490 e. The van der Waals surface area contributed by atoms with E-state index in [2.05, 4.69) is 26.5 Å². The molecular formula is C17H16BrClN2O2. The average molecular weight is 396 g/mol. The zero-order valence-electron chi connectivity index (χ0n) is 12.7. The van der Waals surface area contributed by atoms with Crippen molar-refractivity contribution in [3.8, 4) is 5.75 Å². The highest BCUT2D eigenvalue weighted by atomic mass is 79.9. The Balaban J connectivity index is 2.13. The summed E-state index contributed by atoms with van der Waals surface area (Å²) in [5, 5.41) is 4.55. The van der Waals surface area contributed by atoms with Crippen LogP contribution in [0.25, 0.3) is 0 Å². The van der Waals surface area contributed by atoms with Gasteiger partial charge in [-0.05, 0) is 60.1 Å². The highest BCUT2D eigenvalue weighted by Crippen LogP contribution is 2.22. The molecule has 4 nitrogen and oxygen atoms in total. The van der Waals surface area contributed by atoms with Crippen molar-refractivity contribution in [1.29, 1.82) is 0 Å². The highest BCUT2D eigenvalue weighted by molar-refractivity contribution is 9.10. The van der Waals surface area contributed by atoms with Crippen LogP contribution >= 0.6 is 27.5 Å². The Morgan fingerprint density at radius 1 is 1.30 bits per heavy atom. The van der Waals surface area contributed by atoms with Crippen molar-refractivity contribution in [3.63, 3.8) is 0 Å². The first kappa shape index (κ1) is 17.5. The lowest BCUT2D eigenvalue weighted by Gasteiger charge is -2.12. The van der Waals surface area contributed by atoms with E-state index in [1.807, 2.05) is 19.9 Å². The number of nitrogens with zero attached hydrogens (tertiary/aromatic N) is 1. The fraction of sp³-hybridized carbons (Fsp3) is 0.176. The van der Waals surface area contributed by atoms with Gasteiger partial charge in [0.05, 0.1) is 17.9 Å². The number of hydrogen-bond acceptors (Lipinski definition) is 3. The van der Waals surface area contributed by atoms with Crippen molar-refractivity contribution in [3.05, 3.63) is 63.1 Å². The quantitative estimate of drug-likeness (QED) is 0.591. The zero-order chi connectivity index (χ0) is 16.8. The third kappa shape index (κ3) is 5.08. The summed E-state index contributed by atoms with van der Waals surface area (Å²) in [6, 6.07) is 12.4. The van der Waals surface area contributed by atoms with Gasteiger partial charge < -0.3 is 4.74 Å². The van der Waals surface area contributed by atoms with Gasteiger partial charge in [-0.1, -0.05) is 23.7 Å². The number of hydrogen-bond donors (Lipinski definition) is 1. The molecule has 1 amide bonds. The third-order valence-corrected chi connectivity index (χ3v) is 3.75. The van der Waals surface area contributed by atoms with E-state index in [4.69, 9.17) is 16.3 Å². The van der Waals surface area contributed by atoms with Crippen LogP contribution < -0.4 is 10.2 Å². The lowest BCUT2D eigenvalue weighted by atomic mass is 10.2. The van der Waals surface area contributed by atoms with Gasteiger partial charge in [-0.3, -0.25) is 4.79 Å². The molecule has 1 N–H and O–H groups in total. The highest BCUT2D eigenvalue weighted by Gasteiger charge is 2.08. The van der Waals surface area contributed by atoms with Crippen molar-refractivity contribution in [2.24, 2.45) is 5.10 Å². The summed E-state index contributed by atoms with van der Waals surface area (Å²) in [5.41, 5.74) is 3.69. The lowest BCUT2D eigenvalue weighted by molar-refractivity contribution is 0.0954. The van der Waals surface area contributed by atoms with Crippen LogP contribution in [0, 0.1) is 0 Å². The van der Waals surface area contributed by atoms with Crippen LogP contribution in [-0.4, -0.2) is 18.2 Å². The number of amides is 1. The average Bonchev–Trinajstić information content (AvgIpc) is 2.50. The Kier molecular flexibility index (Phi) is 6.19. The van der Waals surface area contributed by atoms with Crippen molar-refractivity contribution in [1.82, 2.24) is 5.43 Å². The van der Waals surface area contributed by atoms with E-state index in [1.165, 1.54) is 6.21 Å². The summed E-state index contributed by atoms with van der Waals surface area (Å²) < 4.78 is 6.40. The lowest BCUT2D eigenvalue weighted by Crippen LogP contribution is -2.18. The van der Waals surface area contributed by atoms with Crippen molar-refractivity contribution < 1.29 is 9.53 Å². The second-order valence-corrected chi connectivity index (χ2v) is 6.32. The van der Waals surface area contributed by atoms with Crippen LogP contribution in [0.3, 0.4) is 0 Å². The Hall–Kier alpha value is -1.85. The molecule has 0 atom stereocenters. The molecule has 23 heavy (non-hydrogen) atoms. The molecule has 0 aliphatic rings. The monoisotopic (exact) mass is 394 g/mol. The number of carbonyl (C=O) groups is 1. The van der Waals surface area contributed by atoms with Crippen LogP contribution in [0.1, 0.15) is 29.8 Å². The number of rotatable bonds is 5. The van der Waals surface area contributed by atoms with Crippen LogP contribution in [0.2, 0.25) is 5.02 Å². The summed E-state index contributed by atoms with van der Waals surface area (Å²) in [6.45, 7) is 3.87. The van der Waals surface area contributed by atoms with Gasteiger partial charge in [0.25, 0.3) is 5.91 Å². The minimum atomic E-state index is -0.304. The molecule has 0 unspecified atom stereocenters. The van der Waals surface area contributed by atoms with Crippen LogP contribution in [-0.2, 0) is 0 Å². The Morgan fingerprint density at radius 3 is 2.74 bits per heavy atom. The largest absolute Gasteiger partial charge is 0.490 e. The summed E-state index contributed by atoms with van der Waals surface area (Å²) in [5.74, 6) is 0.352. The first-order valence-corrected chi connectivity index (χ1v) is 8.18. The number of halogens is 2. The molecule has 0 heterocycles. The zero-order valence-corrected chi connectivity index (χ0v) is 15.1. The second kappa shape index (κ2) is 8.13. The fourth-order valence-corrected chi connectivity index (χ4v) is 2.49. The van der Waals surface area contributed by atoms with E-state index >= 15 is 0 Å². The maximum Gasteiger partial charge on any atom is 0.272 e. The SMILES string of the molecule is CC(C)Oc1ccc(Cl)cc1/C=N/NC(=O)c1ccccc1Br. The number of nitrogens with one attached hydrogen (secondary N) is 1. The van der Waals surface area contributed by atoms with E-state index in [0.29, 0.717) is 26.4 Å². The molecule has 2 rings (SSSR count). The van der Waals surface area contributed by atoms with E-state index in [-0.39, 0.29) is 12.0 Å². The van der Waals surface area contributed by atoms with E-state index in [9.17, 15) is 4.79 Å². The summed E-state index contributed by atoms with van der Waals surface area (Å²) >= 11 is 9.33. The molecule has 0 radical (unpaired) electrons. The molecular weight excluding hydrogens is 380 g/mol. The van der Waals surface area contributed by atoms with E-state index < -0.39 is 0 Å². The topological polar surface area (TPSA) is 50.7 Å². The number of benzene rings is 2. The van der Waals surface area contributed by atoms with Gasteiger partial charge in [-0.25, -0.2) is 5.43 Å². The van der Waals surface area contributed by atoms with Gasteiger partial charge in [-0.2, -0.15) is 5.10 Å². The molecule has 0 aromatic heterocycles. The molecule has 0 bridgehead atoms. The smallest absolute Gasteiger partial charge is 0.272 e. The van der Waals surface area contributed by atoms with Gasteiger partial charge in [0.1, 0.15) is 5.75 Å². The van der Waals surface area contributed by atoms with Crippen LogP contribution in [0.15, 0.2) is 52.0 Å². The molecule has 0 saturated heterocycles. The fourth-order valence-electron chi connectivity index (χ4n) is 1.85. The molecule has 0 aliphatic carbocycles. The normalized spacial score (nSPS) is 11.0. The predicted octanol–water partition coefficient (Wildman–Crippen LogP) is 4.65. The molecule has 0 fully saturated rings. The summed E-state index contributed by atoms with van der Waals surface area (Å²) in [4.78, 5) is 12.1. The van der Waals surface area contributed by atoms with Crippen molar-refractivity contribution >= 4 is 39.7 Å². The Morgan fingerprint density at radius 2 is 2.04 bits per heavy atom. The maximum absolute atomic E-state index is 12.1. The molecule has 2 aromatic rings. The van der Waals surface area contributed by atoms with Crippen LogP contribution in [0.4, 0.5) is 0 Å². The number of ether oxygens (including phenoxy) is 1. The van der Waals surface area contributed by atoms with Crippen LogP contribution in [0.5, 0.6) is 5.75 Å².